The van der Waals surface area contributed by atoms with Gasteiger partial charge in [0.25, 0.3) is 0 Å². The number of carbonyl (C=O) groups is 3. The number of carboxylic acid groups (broad SMARTS) is 1. The molecular weight excluding hydrogens is 290 g/mol. The lowest BCUT2D eigenvalue weighted by molar-refractivity contribution is -0.137. The number of amides is 2. The smallest absolute Gasteiger partial charge is 0.322 e. The van der Waals surface area contributed by atoms with Crippen molar-refractivity contribution in [2.45, 2.75) is 38.5 Å². The van der Waals surface area contributed by atoms with E-state index in [9.17, 15) is 14.4 Å². The van der Waals surface area contributed by atoms with E-state index in [1.807, 2.05) is 0 Å². The number of unbranched alkanes of at least 4 members (excludes halogenated alkanes) is 4. The van der Waals surface area contributed by atoms with Crippen LogP contribution in [0, 0.1) is 5.41 Å². The summed E-state index contributed by atoms with van der Waals surface area (Å²) in [7, 11) is 0. The molecule has 9 nitrogen and oxygen atoms in total. The van der Waals surface area contributed by atoms with E-state index < -0.39 is 18.4 Å². The monoisotopic (exact) mass is 315 g/mol. The lowest BCUT2D eigenvalue weighted by Crippen LogP contribution is -2.38. The van der Waals surface area contributed by atoms with Gasteiger partial charge < -0.3 is 26.8 Å². The van der Waals surface area contributed by atoms with Gasteiger partial charge in [-0.2, -0.15) is 0 Å². The van der Waals surface area contributed by atoms with Crippen molar-refractivity contribution in [1.82, 2.24) is 16.0 Å². The van der Waals surface area contributed by atoms with Crippen LogP contribution < -0.4 is 21.7 Å². The van der Waals surface area contributed by atoms with E-state index >= 15 is 0 Å². The van der Waals surface area contributed by atoms with Gasteiger partial charge in [0.2, 0.25) is 11.8 Å². The van der Waals surface area contributed by atoms with Crippen LogP contribution in [0.2, 0.25) is 0 Å². The summed E-state index contributed by atoms with van der Waals surface area (Å²) in [6.45, 7) is 0.0251. The van der Waals surface area contributed by atoms with E-state index in [2.05, 4.69) is 16.0 Å². The highest BCUT2D eigenvalue weighted by molar-refractivity contribution is 5.86. The summed E-state index contributed by atoms with van der Waals surface area (Å²) in [5, 5.41) is 22.7. The first-order valence-electron chi connectivity index (χ1n) is 7.25. The van der Waals surface area contributed by atoms with Crippen molar-refractivity contribution >= 4 is 23.7 Å². The minimum absolute atomic E-state index is 0.0240. The summed E-state index contributed by atoms with van der Waals surface area (Å²) < 4.78 is 0. The van der Waals surface area contributed by atoms with Crippen LogP contribution in [-0.4, -0.2) is 48.5 Å². The van der Waals surface area contributed by atoms with Gasteiger partial charge in [-0.15, -0.1) is 0 Å². The number of hydrogen-bond acceptors (Lipinski definition) is 4. The highest BCUT2D eigenvalue weighted by Crippen LogP contribution is 2.04. The van der Waals surface area contributed by atoms with Crippen molar-refractivity contribution < 1.29 is 19.5 Å². The minimum atomic E-state index is -1.13. The van der Waals surface area contributed by atoms with E-state index in [1.165, 1.54) is 0 Å². The fraction of sp³-hybridized carbons (Fsp3) is 0.692. The highest BCUT2D eigenvalue weighted by atomic mass is 16.4. The van der Waals surface area contributed by atoms with E-state index in [4.69, 9.17) is 16.2 Å². The van der Waals surface area contributed by atoms with Crippen molar-refractivity contribution in [3.05, 3.63) is 0 Å². The Morgan fingerprint density at radius 2 is 1.45 bits per heavy atom. The van der Waals surface area contributed by atoms with E-state index in [0.29, 0.717) is 13.0 Å². The first-order chi connectivity index (χ1) is 10.4. The Balaban J connectivity index is 3.41. The van der Waals surface area contributed by atoms with Crippen molar-refractivity contribution in [2.75, 3.05) is 19.6 Å². The summed E-state index contributed by atoms with van der Waals surface area (Å²) in [4.78, 5) is 32.8. The first-order valence-corrected chi connectivity index (χ1v) is 7.25. The second-order valence-electron chi connectivity index (χ2n) is 4.81. The molecule has 0 saturated heterocycles. The van der Waals surface area contributed by atoms with Crippen LogP contribution in [0.4, 0.5) is 0 Å². The van der Waals surface area contributed by atoms with Crippen molar-refractivity contribution in [2.24, 2.45) is 5.73 Å². The molecule has 0 aliphatic rings. The highest BCUT2D eigenvalue weighted by Gasteiger charge is 2.06. The number of carboxylic acids is 1. The first kappa shape index (κ1) is 19.7. The van der Waals surface area contributed by atoms with Gasteiger partial charge in [-0.1, -0.05) is 19.3 Å². The number of nitrogens with one attached hydrogen (secondary N) is 4. The minimum Gasteiger partial charge on any atom is -0.480 e. The molecule has 22 heavy (non-hydrogen) atoms. The molecule has 0 aromatic heterocycles. The van der Waals surface area contributed by atoms with Gasteiger partial charge in [0.05, 0.1) is 6.54 Å². The lowest BCUT2D eigenvalue weighted by Gasteiger charge is -2.06. The van der Waals surface area contributed by atoms with Crippen molar-refractivity contribution in [3.8, 4) is 0 Å². The molecule has 0 rings (SSSR count). The molecule has 0 saturated carbocycles. The third-order valence-electron chi connectivity index (χ3n) is 2.78. The molecule has 0 unspecified atom stereocenters. The molecule has 0 aliphatic heterocycles. The van der Waals surface area contributed by atoms with Gasteiger partial charge in [0.15, 0.2) is 5.96 Å². The summed E-state index contributed by atoms with van der Waals surface area (Å²) in [6.07, 6.45) is 4.92. The van der Waals surface area contributed by atoms with Crippen LogP contribution in [-0.2, 0) is 14.4 Å². The molecule has 126 valence electrons. The maximum absolute atomic E-state index is 11.4. The van der Waals surface area contributed by atoms with Gasteiger partial charge in [0.1, 0.15) is 6.54 Å². The maximum atomic E-state index is 11.4. The Labute approximate surface area is 129 Å². The van der Waals surface area contributed by atoms with Gasteiger partial charge in [-0.05, 0) is 12.8 Å². The van der Waals surface area contributed by atoms with Crippen LogP contribution in [0.25, 0.3) is 0 Å². The van der Waals surface area contributed by atoms with Crippen LogP contribution in [0.1, 0.15) is 38.5 Å². The second kappa shape index (κ2) is 12.4. The quantitative estimate of drug-likeness (QED) is 0.156. The van der Waals surface area contributed by atoms with Crippen LogP contribution >= 0.6 is 0 Å². The second-order valence-corrected chi connectivity index (χ2v) is 4.81. The Morgan fingerprint density at radius 3 is 2.09 bits per heavy atom. The standard InChI is InChI=1S/C13H25N5O4/c14-13(15)16-7-5-3-1-2-4-6-10(19)17-8-11(20)18-9-12(21)22/h1-9H2,(H,17,19)(H,18,20)(H,21,22)(H4,14,15,16). The average molecular weight is 315 g/mol. The predicted octanol–water partition coefficient (Wildman–Crippen LogP) is -0.873. The average Bonchev–Trinajstić information content (AvgIpc) is 2.45. The summed E-state index contributed by atoms with van der Waals surface area (Å²) >= 11 is 0. The molecule has 0 atom stereocenters. The Morgan fingerprint density at radius 1 is 0.864 bits per heavy atom. The summed E-state index contributed by atoms with van der Waals surface area (Å²) in [5.74, 6) is -1.89. The van der Waals surface area contributed by atoms with Gasteiger partial charge in [-0.3, -0.25) is 19.8 Å². The predicted molar refractivity (Wildman–Crippen MR) is 81.3 cm³/mol. The SMILES string of the molecule is N=C(N)NCCCCCCCC(=O)NCC(=O)NCC(=O)O. The van der Waals surface area contributed by atoms with Crippen LogP contribution in [0.3, 0.4) is 0 Å². The fourth-order valence-electron chi connectivity index (χ4n) is 1.67. The van der Waals surface area contributed by atoms with E-state index in [0.717, 1.165) is 32.1 Å². The van der Waals surface area contributed by atoms with E-state index in [1.54, 1.807) is 0 Å². The van der Waals surface area contributed by atoms with Gasteiger partial charge in [-0.25, -0.2) is 0 Å². The Kier molecular flexibility index (Phi) is 11.1. The molecule has 0 heterocycles. The molecule has 7 N–H and O–H groups in total. The number of nitrogens with two attached hydrogens (primary N) is 1. The third-order valence-corrected chi connectivity index (χ3v) is 2.78. The lowest BCUT2D eigenvalue weighted by atomic mass is 10.1. The maximum Gasteiger partial charge on any atom is 0.322 e. The molecule has 0 aliphatic carbocycles. The fourth-order valence-corrected chi connectivity index (χ4v) is 1.67. The number of guanidine groups is 1. The van der Waals surface area contributed by atoms with Crippen molar-refractivity contribution in [1.29, 1.82) is 5.41 Å². The Bertz CT molecular complexity index is 387. The number of aliphatic carboxylic acids is 1. The molecule has 0 spiro atoms. The molecule has 0 radical (unpaired) electrons. The summed E-state index contributed by atoms with van der Waals surface area (Å²) in [5.41, 5.74) is 5.14. The summed E-state index contributed by atoms with van der Waals surface area (Å²) in [6, 6.07) is 0. The number of carbonyl (C=O) groups excluding carboxylic acids is 2. The van der Waals surface area contributed by atoms with Crippen LogP contribution in [0.15, 0.2) is 0 Å². The largest absolute Gasteiger partial charge is 0.480 e. The molecule has 9 heteroatoms. The molecule has 0 bridgehead atoms. The van der Waals surface area contributed by atoms with Crippen molar-refractivity contribution in [3.63, 3.8) is 0 Å². The molecular formula is C13H25N5O4. The zero-order valence-electron chi connectivity index (χ0n) is 12.6. The van der Waals surface area contributed by atoms with Gasteiger partial charge >= 0.3 is 5.97 Å². The molecule has 0 aromatic carbocycles. The zero-order valence-corrected chi connectivity index (χ0v) is 12.6. The normalized spacial score (nSPS) is 9.82. The van der Waals surface area contributed by atoms with Gasteiger partial charge in [0, 0.05) is 13.0 Å². The number of rotatable bonds is 12. The van der Waals surface area contributed by atoms with E-state index in [-0.39, 0.29) is 18.4 Å². The Hall–Kier alpha value is -2.32. The molecule has 0 fully saturated rings. The molecule has 2 amide bonds. The molecule has 0 aromatic rings. The third kappa shape index (κ3) is 14.1. The zero-order chi connectivity index (χ0) is 16.8. The topological polar surface area (TPSA) is 157 Å². The van der Waals surface area contributed by atoms with Crippen LogP contribution in [0.5, 0.6) is 0 Å². The number of hydrogen-bond donors (Lipinski definition) is 6.